The smallest absolute Gasteiger partial charge is 0.187 e. The lowest BCUT2D eigenvalue weighted by Crippen LogP contribution is -2.47. The molecule has 4 heterocycles. The molecule has 0 radical (unpaired) electrons. The maximum Gasteiger partial charge on any atom is 0.187 e. The zero-order chi connectivity index (χ0) is 23.7. The third-order valence-electron chi connectivity index (χ3n) is 6.75. The molecule has 176 valence electrons. The Kier molecular flexibility index (Phi) is 5.64. The van der Waals surface area contributed by atoms with E-state index in [0.717, 1.165) is 47.6 Å². The summed E-state index contributed by atoms with van der Waals surface area (Å²) in [4.78, 5) is 7.17. The minimum atomic E-state index is -0.807. The minimum Gasteiger partial charge on any atom is -0.491 e. The van der Waals surface area contributed by atoms with Gasteiger partial charge in [-0.3, -0.25) is 9.30 Å². The monoisotopic (exact) mass is 465 g/mol. The molecule has 35 heavy (non-hydrogen) atoms. The molecular formula is C28H27N5O2. The summed E-state index contributed by atoms with van der Waals surface area (Å²) in [5.74, 6) is 1.45. The van der Waals surface area contributed by atoms with E-state index in [4.69, 9.17) is 9.72 Å². The highest BCUT2D eigenvalue weighted by Gasteiger charge is 2.33. The lowest BCUT2D eigenvalue weighted by molar-refractivity contribution is -0.0537. The fraction of sp³-hybridized carbons (Fsp3) is 0.250. The normalized spacial score (nSPS) is 16.0. The van der Waals surface area contributed by atoms with E-state index in [-0.39, 0.29) is 6.61 Å². The van der Waals surface area contributed by atoms with Crippen LogP contribution in [0, 0.1) is 0 Å². The van der Waals surface area contributed by atoms with Crippen LogP contribution >= 0.6 is 0 Å². The molecule has 5 aromatic rings. The van der Waals surface area contributed by atoms with Crippen LogP contribution in [-0.4, -0.2) is 54.9 Å². The first-order valence-corrected chi connectivity index (χ1v) is 12.0. The van der Waals surface area contributed by atoms with E-state index in [9.17, 15) is 5.11 Å². The third kappa shape index (κ3) is 4.60. The molecule has 0 amide bonds. The number of ether oxygens (including phenoxy) is 1. The van der Waals surface area contributed by atoms with E-state index in [2.05, 4.69) is 39.4 Å². The van der Waals surface area contributed by atoms with Gasteiger partial charge in [0, 0.05) is 31.2 Å². The van der Waals surface area contributed by atoms with Crippen molar-refractivity contribution in [3.8, 4) is 17.3 Å². The van der Waals surface area contributed by atoms with Crippen molar-refractivity contribution in [3.63, 3.8) is 0 Å². The van der Waals surface area contributed by atoms with Gasteiger partial charge in [-0.2, -0.15) is 0 Å². The van der Waals surface area contributed by atoms with Crippen molar-refractivity contribution in [3.05, 3.63) is 90.6 Å². The second-order valence-corrected chi connectivity index (χ2v) is 9.28. The molecule has 3 aromatic heterocycles. The molecule has 0 saturated carbocycles. The van der Waals surface area contributed by atoms with Crippen LogP contribution in [0.4, 0.5) is 0 Å². The fourth-order valence-corrected chi connectivity index (χ4v) is 4.67. The van der Waals surface area contributed by atoms with Crippen LogP contribution < -0.4 is 4.74 Å². The molecule has 7 nitrogen and oxygen atoms in total. The summed E-state index contributed by atoms with van der Waals surface area (Å²) in [5.41, 5.74) is 2.91. The molecule has 0 atom stereocenters. The molecule has 6 rings (SSSR count). The van der Waals surface area contributed by atoms with Crippen molar-refractivity contribution >= 4 is 16.6 Å². The van der Waals surface area contributed by atoms with Gasteiger partial charge in [-0.25, -0.2) is 4.98 Å². The quantitative estimate of drug-likeness (QED) is 0.402. The maximum atomic E-state index is 11.1. The predicted molar refractivity (Wildman–Crippen MR) is 135 cm³/mol. The Morgan fingerprint density at radius 2 is 1.71 bits per heavy atom. The molecular weight excluding hydrogens is 438 g/mol. The van der Waals surface area contributed by atoms with Crippen LogP contribution in [0.3, 0.4) is 0 Å². The number of fused-ring (bicyclic) bond motifs is 2. The Morgan fingerprint density at radius 3 is 2.57 bits per heavy atom. The summed E-state index contributed by atoms with van der Waals surface area (Å²) < 4.78 is 7.98. The van der Waals surface area contributed by atoms with E-state index < -0.39 is 5.60 Å². The van der Waals surface area contributed by atoms with Crippen LogP contribution in [0.15, 0.2) is 85.1 Å². The Labute approximate surface area is 203 Å². The van der Waals surface area contributed by atoms with Gasteiger partial charge >= 0.3 is 0 Å². The molecule has 1 aliphatic rings. The first-order chi connectivity index (χ1) is 17.2. The first-order valence-electron chi connectivity index (χ1n) is 12.0. The van der Waals surface area contributed by atoms with Crippen molar-refractivity contribution < 1.29 is 9.84 Å². The average Bonchev–Trinajstić information content (AvgIpc) is 3.34. The second kappa shape index (κ2) is 9.09. The van der Waals surface area contributed by atoms with Gasteiger partial charge in [0.25, 0.3) is 0 Å². The van der Waals surface area contributed by atoms with Gasteiger partial charge in [-0.05, 0) is 54.8 Å². The number of hydrogen-bond acceptors (Lipinski definition) is 6. The van der Waals surface area contributed by atoms with Gasteiger partial charge in [-0.1, -0.05) is 42.5 Å². The number of likely N-dealkylation sites (tertiary alicyclic amines) is 1. The van der Waals surface area contributed by atoms with Crippen LogP contribution in [0.5, 0.6) is 5.75 Å². The highest BCUT2D eigenvalue weighted by atomic mass is 16.5. The molecule has 0 unspecified atom stereocenters. The average molecular weight is 466 g/mol. The van der Waals surface area contributed by atoms with E-state index >= 15 is 0 Å². The van der Waals surface area contributed by atoms with Gasteiger partial charge in [0.2, 0.25) is 0 Å². The Morgan fingerprint density at radius 1 is 0.886 bits per heavy atom. The molecule has 0 spiro atoms. The number of nitrogens with zero attached hydrogens (tertiary/aromatic N) is 5. The molecule has 1 fully saturated rings. The Hall–Kier alpha value is -3.81. The lowest BCUT2D eigenvalue weighted by Gasteiger charge is -2.38. The first kappa shape index (κ1) is 21.7. The van der Waals surface area contributed by atoms with Gasteiger partial charge in [0.1, 0.15) is 23.7 Å². The van der Waals surface area contributed by atoms with Crippen molar-refractivity contribution in [2.45, 2.75) is 25.0 Å². The van der Waals surface area contributed by atoms with Crippen LogP contribution in [-0.2, 0) is 6.54 Å². The summed E-state index contributed by atoms with van der Waals surface area (Å²) in [7, 11) is 0. The van der Waals surface area contributed by atoms with Crippen molar-refractivity contribution in [2.75, 3.05) is 19.7 Å². The number of hydrogen-bond donors (Lipinski definition) is 1. The zero-order valence-corrected chi connectivity index (χ0v) is 19.4. The number of rotatable bonds is 6. The summed E-state index contributed by atoms with van der Waals surface area (Å²) in [5, 5.41) is 20.6. The van der Waals surface area contributed by atoms with E-state index in [1.807, 2.05) is 65.2 Å². The number of piperidine rings is 1. The lowest BCUT2D eigenvalue weighted by atomic mass is 9.92. The highest BCUT2D eigenvalue weighted by Crippen LogP contribution is 2.27. The fourth-order valence-electron chi connectivity index (χ4n) is 4.67. The molecule has 0 aliphatic carbocycles. The van der Waals surface area contributed by atoms with Gasteiger partial charge in [0.15, 0.2) is 11.5 Å². The van der Waals surface area contributed by atoms with Crippen LogP contribution in [0.1, 0.15) is 18.4 Å². The van der Waals surface area contributed by atoms with Gasteiger partial charge < -0.3 is 9.84 Å². The van der Waals surface area contributed by atoms with Crippen molar-refractivity contribution in [1.29, 1.82) is 0 Å². The number of pyridine rings is 2. The van der Waals surface area contributed by atoms with Crippen molar-refractivity contribution in [2.24, 2.45) is 0 Å². The molecule has 1 aliphatic heterocycles. The van der Waals surface area contributed by atoms with E-state index in [0.29, 0.717) is 18.7 Å². The topological polar surface area (TPSA) is 75.8 Å². The Bertz CT molecular complexity index is 1460. The number of benzene rings is 2. The largest absolute Gasteiger partial charge is 0.491 e. The van der Waals surface area contributed by atoms with E-state index in [1.54, 1.807) is 0 Å². The van der Waals surface area contributed by atoms with Crippen LogP contribution in [0.25, 0.3) is 28.1 Å². The summed E-state index contributed by atoms with van der Waals surface area (Å²) in [6.45, 7) is 2.92. The summed E-state index contributed by atoms with van der Waals surface area (Å²) in [6, 6.07) is 26.1. The van der Waals surface area contributed by atoms with E-state index in [1.165, 1.54) is 5.56 Å². The molecule has 7 heteroatoms. The molecule has 2 aromatic carbocycles. The Balaban J connectivity index is 1.11. The molecule has 1 saturated heterocycles. The second-order valence-electron chi connectivity index (χ2n) is 9.28. The standard InChI is InChI=1S/C28H27N5O2/c34-28(13-16-32(17-14-28)19-21-6-2-1-3-7-21)20-35-23-10-12-24-22(18-23)9-11-25(29-24)27-31-30-26-8-4-5-15-33(26)27/h1-12,15,18,34H,13-14,16-17,19-20H2. The van der Waals surface area contributed by atoms with Gasteiger partial charge in [0.05, 0.1) is 5.52 Å². The number of aliphatic hydroxyl groups is 1. The highest BCUT2D eigenvalue weighted by molar-refractivity contribution is 5.82. The minimum absolute atomic E-state index is 0.287. The van der Waals surface area contributed by atoms with Crippen molar-refractivity contribution in [1.82, 2.24) is 24.5 Å². The third-order valence-corrected chi connectivity index (χ3v) is 6.75. The summed E-state index contributed by atoms with van der Waals surface area (Å²) in [6.07, 6.45) is 3.33. The molecule has 0 bridgehead atoms. The molecule has 1 N–H and O–H groups in total. The summed E-state index contributed by atoms with van der Waals surface area (Å²) >= 11 is 0. The van der Waals surface area contributed by atoms with Crippen LogP contribution in [0.2, 0.25) is 0 Å². The maximum absolute atomic E-state index is 11.1. The van der Waals surface area contributed by atoms with Gasteiger partial charge in [-0.15, -0.1) is 10.2 Å². The predicted octanol–water partition coefficient (Wildman–Crippen LogP) is 4.35. The SMILES string of the molecule is OC1(COc2ccc3nc(-c4nnc5ccccn45)ccc3c2)CCN(Cc2ccccc2)CC1. The zero-order valence-electron chi connectivity index (χ0n) is 19.4. The number of aromatic nitrogens is 4.